The van der Waals surface area contributed by atoms with Gasteiger partial charge in [-0.15, -0.1) is 4.52 Å². The summed E-state index contributed by atoms with van der Waals surface area (Å²) in [6.45, 7) is 1.98. The van der Waals surface area contributed by atoms with Gasteiger partial charge in [-0.2, -0.15) is 18.2 Å². The highest BCUT2D eigenvalue weighted by Crippen LogP contribution is 2.42. The minimum absolute atomic E-state index is 0.0707. The van der Waals surface area contributed by atoms with Gasteiger partial charge in [-0.3, -0.25) is 4.79 Å². The highest BCUT2D eigenvalue weighted by molar-refractivity contribution is 7.38. The van der Waals surface area contributed by atoms with E-state index in [0.29, 0.717) is 36.8 Å². The summed E-state index contributed by atoms with van der Waals surface area (Å²) in [5.74, 6) is -0.662. The number of carbonyl (C=O) groups excluding carboxylic acids is 1. The van der Waals surface area contributed by atoms with E-state index in [2.05, 4.69) is 20.6 Å². The normalized spacial score (nSPS) is 19.2. The van der Waals surface area contributed by atoms with Crippen molar-refractivity contribution in [2.45, 2.75) is 57.0 Å². The Kier molecular flexibility index (Phi) is 8.26. The van der Waals surface area contributed by atoms with Gasteiger partial charge in [0.15, 0.2) is 6.66 Å². The lowest BCUT2D eigenvalue weighted by molar-refractivity contribution is -0.137. The fourth-order valence-electron chi connectivity index (χ4n) is 5.30. The number of alkyl halides is 3. The van der Waals surface area contributed by atoms with Crippen molar-refractivity contribution in [3.05, 3.63) is 70.4 Å². The molecule has 1 saturated carbocycles. The van der Waals surface area contributed by atoms with E-state index in [-0.39, 0.29) is 36.2 Å². The maximum absolute atomic E-state index is 14.0. The van der Waals surface area contributed by atoms with Gasteiger partial charge in [0.05, 0.1) is 17.4 Å². The molecular formula is C28H30F3N5O4P+. The van der Waals surface area contributed by atoms with Gasteiger partial charge in [0.2, 0.25) is 5.95 Å². The number of hydrogen-bond acceptors (Lipinski definition) is 8. The zero-order valence-corrected chi connectivity index (χ0v) is 23.4. The van der Waals surface area contributed by atoms with Crippen LogP contribution >= 0.6 is 8.03 Å². The molecule has 2 heterocycles. The van der Waals surface area contributed by atoms with Crippen molar-refractivity contribution in [3.63, 3.8) is 0 Å². The molecule has 1 atom stereocenters. The van der Waals surface area contributed by atoms with Crippen LogP contribution in [0.25, 0.3) is 0 Å². The number of nitrogens with one attached hydrogen (secondary N) is 2. The summed E-state index contributed by atoms with van der Waals surface area (Å²) in [5.41, 5.74) is 2.60. The van der Waals surface area contributed by atoms with Crippen LogP contribution in [0.5, 0.6) is 0 Å². The fraction of sp³-hybridized carbons (Fsp3) is 0.393. The van der Waals surface area contributed by atoms with Crippen molar-refractivity contribution >= 4 is 37.1 Å². The number of nitrogens with zero attached hydrogens (tertiary/aromatic N) is 3. The van der Waals surface area contributed by atoms with E-state index in [9.17, 15) is 27.6 Å². The first-order chi connectivity index (χ1) is 19.5. The summed E-state index contributed by atoms with van der Waals surface area (Å²) in [4.78, 5) is 22.7. The SMILES string of the molecule is CN1Cc2c(C3CCC(O)CC3)ccc(Nc3nc(Nc4ccc(CO[P+](C)=O)cc4)ncc3C(F)(F)F)c2C1=O. The molecule has 9 nitrogen and oxygen atoms in total. The summed E-state index contributed by atoms with van der Waals surface area (Å²) >= 11 is 0. The van der Waals surface area contributed by atoms with Crippen molar-refractivity contribution in [1.29, 1.82) is 0 Å². The standard InChI is InChI=1S/C28H29F3N5O4P/c1-36-14-21-20(17-5-9-19(37)10-6-17)11-12-23(24(21)26(36)38)34-25-22(28(29,30)31)13-32-27(35-25)33-18-7-3-16(4-8-18)15-40-41(2)39/h3-4,7-8,11-13,17,19,37H,5-6,9-10,14-15H2,1-2H3,(H-,32,33,34,35,38)/p+1. The molecule has 0 spiro atoms. The Morgan fingerprint density at radius 3 is 2.46 bits per heavy atom. The molecule has 3 N–H and O–H groups in total. The van der Waals surface area contributed by atoms with Crippen LogP contribution < -0.4 is 10.6 Å². The topological polar surface area (TPSA) is 117 Å². The molecule has 0 saturated heterocycles. The van der Waals surface area contributed by atoms with Crippen molar-refractivity contribution in [2.75, 3.05) is 24.3 Å². The van der Waals surface area contributed by atoms with E-state index in [0.717, 1.165) is 29.5 Å². The molecule has 3 aromatic rings. The third kappa shape index (κ3) is 6.50. The van der Waals surface area contributed by atoms with Crippen LogP contribution in [0.3, 0.4) is 0 Å². The zero-order chi connectivity index (χ0) is 29.3. The maximum atomic E-state index is 14.0. The predicted octanol–water partition coefficient (Wildman–Crippen LogP) is 6.48. The monoisotopic (exact) mass is 588 g/mol. The van der Waals surface area contributed by atoms with Gasteiger partial charge in [0.1, 0.15) is 18.0 Å². The second-order valence-corrected chi connectivity index (χ2v) is 11.5. The minimum atomic E-state index is -4.74. The van der Waals surface area contributed by atoms with E-state index in [1.807, 2.05) is 6.07 Å². The first kappa shape index (κ1) is 28.9. The van der Waals surface area contributed by atoms with E-state index >= 15 is 0 Å². The van der Waals surface area contributed by atoms with E-state index in [4.69, 9.17) is 4.52 Å². The molecule has 13 heteroatoms. The van der Waals surface area contributed by atoms with Crippen molar-refractivity contribution in [3.8, 4) is 0 Å². The maximum Gasteiger partial charge on any atom is 0.505 e. The van der Waals surface area contributed by atoms with Crippen LogP contribution in [0.2, 0.25) is 0 Å². The van der Waals surface area contributed by atoms with E-state index < -0.39 is 25.6 Å². The summed E-state index contributed by atoms with van der Waals surface area (Å²) < 4.78 is 58.2. The summed E-state index contributed by atoms with van der Waals surface area (Å²) in [6.07, 6.45) is -1.46. The molecule has 2 aliphatic rings. The molecule has 1 aliphatic carbocycles. The molecule has 1 unspecified atom stereocenters. The number of amides is 1. The Labute approximate surface area is 236 Å². The smallest absolute Gasteiger partial charge is 0.393 e. The van der Waals surface area contributed by atoms with Gasteiger partial charge in [-0.25, -0.2) is 4.98 Å². The number of fused-ring (bicyclic) bond motifs is 1. The van der Waals surface area contributed by atoms with Crippen molar-refractivity contribution < 1.29 is 32.2 Å². The van der Waals surface area contributed by atoms with Gasteiger partial charge < -0.3 is 20.6 Å². The molecule has 1 amide bonds. The fourth-order valence-corrected chi connectivity index (χ4v) is 5.63. The van der Waals surface area contributed by atoms with Crippen LogP contribution in [0.4, 0.5) is 36.3 Å². The van der Waals surface area contributed by atoms with Crippen LogP contribution in [0.1, 0.15) is 64.2 Å². The number of carbonyl (C=O) groups is 1. The van der Waals surface area contributed by atoms with Gasteiger partial charge in [0, 0.05) is 25.5 Å². The highest BCUT2D eigenvalue weighted by Gasteiger charge is 2.37. The number of anilines is 4. The number of halogens is 3. The molecule has 1 aliphatic heterocycles. The van der Waals surface area contributed by atoms with Gasteiger partial charge in [-0.1, -0.05) is 18.2 Å². The lowest BCUT2D eigenvalue weighted by Crippen LogP contribution is -2.18. The molecule has 0 bridgehead atoms. The molecular weight excluding hydrogens is 558 g/mol. The molecule has 216 valence electrons. The van der Waals surface area contributed by atoms with E-state index in [1.165, 1.54) is 6.66 Å². The van der Waals surface area contributed by atoms with Crippen LogP contribution in [0.15, 0.2) is 42.6 Å². The van der Waals surface area contributed by atoms with Gasteiger partial charge in [-0.05, 0) is 71.1 Å². The Hall–Kier alpha value is -3.60. The third-order valence-electron chi connectivity index (χ3n) is 7.41. The van der Waals surface area contributed by atoms with Crippen molar-refractivity contribution in [1.82, 2.24) is 14.9 Å². The average Bonchev–Trinajstić information content (AvgIpc) is 3.23. The Balaban J connectivity index is 1.45. The third-order valence-corrected chi connectivity index (χ3v) is 7.90. The zero-order valence-electron chi connectivity index (χ0n) is 22.5. The lowest BCUT2D eigenvalue weighted by atomic mass is 9.80. The molecule has 1 aromatic heterocycles. The Bertz CT molecular complexity index is 1460. The molecule has 2 aromatic carbocycles. The first-order valence-electron chi connectivity index (χ1n) is 13.2. The van der Waals surface area contributed by atoms with Crippen molar-refractivity contribution in [2.24, 2.45) is 0 Å². The summed E-state index contributed by atoms with van der Waals surface area (Å²) in [7, 11) is -0.0807. The van der Waals surface area contributed by atoms with Gasteiger partial charge >= 0.3 is 14.2 Å². The quantitative estimate of drug-likeness (QED) is 0.256. The molecule has 5 rings (SSSR count). The molecule has 0 radical (unpaired) electrons. The second kappa shape index (κ2) is 11.7. The Morgan fingerprint density at radius 2 is 1.80 bits per heavy atom. The number of rotatable bonds is 8. The van der Waals surface area contributed by atoms with E-state index in [1.54, 1.807) is 42.3 Å². The molecule has 1 fully saturated rings. The van der Waals surface area contributed by atoms with Crippen LogP contribution in [0, 0.1) is 0 Å². The molecule has 41 heavy (non-hydrogen) atoms. The first-order valence-corrected chi connectivity index (χ1v) is 14.8. The average molecular weight is 589 g/mol. The van der Waals surface area contributed by atoms with Crippen LogP contribution in [-0.2, 0) is 28.4 Å². The number of benzene rings is 2. The summed E-state index contributed by atoms with van der Waals surface area (Å²) in [5, 5.41) is 15.6. The number of hydrogen-bond donors (Lipinski definition) is 3. The second-order valence-electron chi connectivity index (χ2n) is 10.3. The van der Waals surface area contributed by atoms with Gasteiger partial charge in [0.25, 0.3) is 5.91 Å². The minimum Gasteiger partial charge on any atom is -0.393 e. The summed E-state index contributed by atoms with van der Waals surface area (Å²) in [6, 6.07) is 10.3. The largest absolute Gasteiger partial charge is 0.505 e. The number of aromatic nitrogens is 2. The Morgan fingerprint density at radius 1 is 1.10 bits per heavy atom. The predicted molar refractivity (Wildman–Crippen MR) is 148 cm³/mol. The van der Waals surface area contributed by atoms with Crippen LogP contribution in [-0.4, -0.2) is 45.7 Å². The number of aliphatic hydroxyl groups is 1. The number of aliphatic hydroxyl groups excluding tert-OH is 1. The highest BCUT2D eigenvalue weighted by atomic mass is 31.1. The lowest BCUT2D eigenvalue weighted by Gasteiger charge is -2.27.